The van der Waals surface area contributed by atoms with Gasteiger partial charge in [0.2, 0.25) is 5.91 Å². The highest BCUT2D eigenvalue weighted by atomic mass is 16.5. The van der Waals surface area contributed by atoms with Gasteiger partial charge in [0.1, 0.15) is 17.1 Å². The first-order valence-electron chi connectivity index (χ1n) is 7.53. The lowest BCUT2D eigenvalue weighted by Crippen LogP contribution is -2.14. The normalized spacial score (nSPS) is 13.4. The van der Waals surface area contributed by atoms with Crippen molar-refractivity contribution in [1.29, 1.82) is 0 Å². The van der Waals surface area contributed by atoms with Crippen molar-refractivity contribution in [3.8, 4) is 5.75 Å². The number of carbonyl (C=O) groups excluding carboxylic acids is 2. The molecule has 1 aliphatic rings. The summed E-state index contributed by atoms with van der Waals surface area (Å²) in [7, 11) is 0. The summed E-state index contributed by atoms with van der Waals surface area (Å²) in [5, 5.41) is 19.1. The zero-order chi connectivity index (χ0) is 17.3. The quantitative estimate of drug-likeness (QED) is 0.578. The number of phenols is 1. The first-order chi connectivity index (χ1) is 11.5. The van der Waals surface area contributed by atoms with Crippen LogP contribution in [-0.2, 0) is 4.79 Å². The van der Waals surface area contributed by atoms with Gasteiger partial charge in [-0.25, -0.2) is 0 Å². The predicted molar refractivity (Wildman–Crippen MR) is 88.1 cm³/mol. The number of rotatable bonds is 5. The second-order valence-corrected chi connectivity index (χ2v) is 5.66. The number of nitrogens with one attached hydrogen (secondary N) is 2. The van der Waals surface area contributed by atoms with E-state index in [1.807, 2.05) is 0 Å². The Balaban J connectivity index is 1.84. The van der Waals surface area contributed by atoms with E-state index < -0.39 is 11.8 Å². The number of amides is 2. The van der Waals surface area contributed by atoms with Crippen LogP contribution in [0.1, 0.15) is 40.6 Å². The average Bonchev–Trinajstić information content (AvgIpc) is 3.34. The number of carbonyl (C=O) groups is 2. The highest BCUT2D eigenvalue weighted by Crippen LogP contribution is 2.44. The van der Waals surface area contributed by atoms with E-state index in [-0.39, 0.29) is 17.2 Å². The van der Waals surface area contributed by atoms with Crippen molar-refractivity contribution >= 4 is 23.2 Å². The maximum absolute atomic E-state index is 12.5. The molecule has 0 atom stereocenters. The number of phenolic OH excluding ortho intramolecular Hbond substituents is 1. The highest BCUT2D eigenvalue weighted by Gasteiger charge is 2.32. The molecule has 2 aromatic rings. The molecule has 7 heteroatoms. The van der Waals surface area contributed by atoms with E-state index in [2.05, 4.69) is 22.4 Å². The Morgan fingerprint density at radius 1 is 1.38 bits per heavy atom. The molecule has 3 rings (SSSR count). The molecule has 0 spiro atoms. The average molecular weight is 327 g/mol. The van der Waals surface area contributed by atoms with Gasteiger partial charge in [-0.3, -0.25) is 9.59 Å². The summed E-state index contributed by atoms with van der Waals surface area (Å²) in [6.45, 7) is 5.11. The molecule has 0 aliphatic heterocycles. The predicted octanol–water partition coefficient (Wildman–Crippen LogP) is 2.94. The largest absolute Gasteiger partial charge is 0.507 e. The van der Waals surface area contributed by atoms with Crippen LogP contribution in [0.25, 0.3) is 0 Å². The molecule has 1 aromatic carbocycles. The lowest BCUT2D eigenvalue weighted by Gasteiger charge is -2.09. The van der Waals surface area contributed by atoms with Gasteiger partial charge in [-0.05, 0) is 44.0 Å². The Bertz CT molecular complexity index is 821. The van der Waals surface area contributed by atoms with Crippen molar-refractivity contribution in [2.75, 3.05) is 10.6 Å². The van der Waals surface area contributed by atoms with Crippen LogP contribution >= 0.6 is 0 Å². The van der Waals surface area contributed by atoms with E-state index in [4.69, 9.17) is 4.52 Å². The van der Waals surface area contributed by atoms with E-state index in [1.54, 1.807) is 6.92 Å². The van der Waals surface area contributed by atoms with Gasteiger partial charge in [0, 0.05) is 11.6 Å². The smallest absolute Gasteiger partial charge is 0.259 e. The second kappa shape index (κ2) is 6.19. The molecular weight excluding hydrogens is 310 g/mol. The van der Waals surface area contributed by atoms with Crippen LogP contribution in [0.3, 0.4) is 0 Å². The van der Waals surface area contributed by atoms with Gasteiger partial charge in [-0.1, -0.05) is 11.7 Å². The number of hydrogen-bond acceptors (Lipinski definition) is 5. The fourth-order valence-electron chi connectivity index (χ4n) is 2.33. The van der Waals surface area contributed by atoms with Gasteiger partial charge < -0.3 is 20.3 Å². The van der Waals surface area contributed by atoms with E-state index in [0.29, 0.717) is 22.8 Å². The SMILES string of the molecule is C=CC(=O)Nc1ccc(O)c(C(=O)Nc2c(C)noc2C2CC2)c1. The molecule has 0 radical (unpaired) electrons. The maximum atomic E-state index is 12.5. The minimum Gasteiger partial charge on any atom is -0.507 e. The molecule has 1 aromatic heterocycles. The van der Waals surface area contributed by atoms with E-state index in [9.17, 15) is 14.7 Å². The lowest BCUT2D eigenvalue weighted by molar-refractivity contribution is -0.111. The molecule has 0 unspecified atom stereocenters. The van der Waals surface area contributed by atoms with Crippen molar-refractivity contribution in [3.05, 3.63) is 47.9 Å². The molecule has 24 heavy (non-hydrogen) atoms. The van der Waals surface area contributed by atoms with Crippen molar-refractivity contribution < 1.29 is 19.2 Å². The van der Waals surface area contributed by atoms with E-state index in [0.717, 1.165) is 18.9 Å². The van der Waals surface area contributed by atoms with Crippen LogP contribution in [-0.4, -0.2) is 22.1 Å². The monoisotopic (exact) mass is 327 g/mol. The third-order valence-corrected chi connectivity index (χ3v) is 3.77. The van der Waals surface area contributed by atoms with Crippen molar-refractivity contribution in [3.63, 3.8) is 0 Å². The Labute approximate surface area is 138 Å². The molecule has 1 fully saturated rings. The molecule has 7 nitrogen and oxygen atoms in total. The number of anilines is 2. The number of aromatic nitrogens is 1. The van der Waals surface area contributed by atoms with Gasteiger partial charge in [0.25, 0.3) is 5.91 Å². The maximum Gasteiger partial charge on any atom is 0.259 e. The summed E-state index contributed by atoms with van der Waals surface area (Å²) >= 11 is 0. The standard InChI is InChI=1S/C17H17N3O4/c1-3-14(22)18-11-6-7-13(21)12(8-11)17(23)19-15-9(2)20-24-16(15)10-4-5-10/h3,6-8,10,21H,1,4-5H2,2H3,(H,18,22)(H,19,23). The molecule has 3 N–H and O–H groups in total. The van der Waals surface area contributed by atoms with Crippen LogP contribution in [0.5, 0.6) is 5.75 Å². The minimum atomic E-state index is -0.504. The molecule has 2 amide bonds. The fourth-order valence-corrected chi connectivity index (χ4v) is 2.33. The van der Waals surface area contributed by atoms with E-state index >= 15 is 0 Å². The van der Waals surface area contributed by atoms with E-state index in [1.165, 1.54) is 18.2 Å². The minimum absolute atomic E-state index is 0.0409. The van der Waals surface area contributed by atoms with Crippen LogP contribution < -0.4 is 10.6 Å². The summed E-state index contributed by atoms with van der Waals surface area (Å²) in [5.74, 6) is -0.149. The van der Waals surface area contributed by atoms with Gasteiger partial charge in [-0.2, -0.15) is 0 Å². The molecule has 1 heterocycles. The molecule has 1 saturated carbocycles. The second-order valence-electron chi connectivity index (χ2n) is 5.66. The summed E-state index contributed by atoms with van der Waals surface area (Å²) in [5.41, 5.74) is 1.55. The summed E-state index contributed by atoms with van der Waals surface area (Å²) in [6.07, 6.45) is 3.13. The van der Waals surface area contributed by atoms with Crippen LogP contribution in [0.4, 0.5) is 11.4 Å². The Hall–Kier alpha value is -3.09. The number of hydrogen-bond donors (Lipinski definition) is 3. The third kappa shape index (κ3) is 3.15. The van der Waals surface area contributed by atoms with Crippen molar-refractivity contribution in [2.45, 2.75) is 25.7 Å². The Morgan fingerprint density at radius 3 is 2.79 bits per heavy atom. The molecule has 1 aliphatic carbocycles. The zero-order valence-corrected chi connectivity index (χ0v) is 13.1. The van der Waals surface area contributed by atoms with Gasteiger partial charge in [0.05, 0.1) is 5.56 Å². The lowest BCUT2D eigenvalue weighted by atomic mass is 10.1. The first-order valence-corrected chi connectivity index (χ1v) is 7.53. The summed E-state index contributed by atoms with van der Waals surface area (Å²) in [4.78, 5) is 23.9. The topological polar surface area (TPSA) is 104 Å². The van der Waals surface area contributed by atoms with Crippen molar-refractivity contribution in [1.82, 2.24) is 5.16 Å². The molecule has 124 valence electrons. The Morgan fingerprint density at radius 2 is 2.12 bits per heavy atom. The molecule has 0 saturated heterocycles. The Kier molecular flexibility index (Phi) is 4.07. The molecular formula is C17H17N3O4. The molecule has 0 bridgehead atoms. The van der Waals surface area contributed by atoms with Gasteiger partial charge in [-0.15, -0.1) is 0 Å². The van der Waals surface area contributed by atoms with Crippen LogP contribution in [0, 0.1) is 6.92 Å². The number of aryl methyl sites for hydroxylation is 1. The number of nitrogens with zero attached hydrogens (tertiary/aromatic N) is 1. The van der Waals surface area contributed by atoms with Gasteiger partial charge >= 0.3 is 0 Å². The van der Waals surface area contributed by atoms with Crippen molar-refractivity contribution in [2.24, 2.45) is 0 Å². The van der Waals surface area contributed by atoms with Crippen LogP contribution in [0.2, 0.25) is 0 Å². The highest BCUT2D eigenvalue weighted by molar-refractivity contribution is 6.08. The summed E-state index contributed by atoms with van der Waals surface area (Å²) < 4.78 is 5.28. The zero-order valence-electron chi connectivity index (χ0n) is 13.1. The number of benzene rings is 1. The summed E-state index contributed by atoms with van der Waals surface area (Å²) in [6, 6.07) is 4.23. The van der Waals surface area contributed by atoms with Crippen LogP contribution in [0.15, 0.2) is 35.4 Å². The number of aromatic hydroxyl groups is 1. The van der Waals surface area contributed by atoms with Gasteiger partial charge in [0.15, 0.2) is 5.76 Å². The first kappa shape index (κ1) is 15.8. The third-order valence-electron chi connectivity index (χ3n) is 3.77. The fraction of sp³-hybridized carbons (Fsp3) is 0.235.